The fourth-order valence-corrected chi connectivity index (χ4v) is 1.77. The van der Waals surface area contributed by atoms with E-state index < -0.39 is 0 Å². The molecular weight excluding hydrogens is 248 g/mol. The van der Waals surface area contributed by atoms with Crippen LogP contribution in [0.4, 0.5) is 11.4 Å². The summed E-state index contributed by atoms with van der Waals surface area (Å²) in [5, 5.41) is 17.4. The van der Waals surface area contributed by atoms with E-state index in [1.54, 1.807) is 24.3 Å². The summed E-state index contributed by atoms with van der Waals surface area (Å²) in [4.78, 5) is 8.36. The van der Waals surface area contributed by atoms with Gasteiger partial charge in [0.2, 0.25) is 0 Å². The molecule has 0 bridgehead atoms. The number of anilines is 2. The zero-order valence-electron chi connectivity index (χ0n) is 10.0. The Morgan fingerprint density at radius 2 is 1.21 bits per heavy atom. The topological polar surface area (TPSA) is 111 Å². The third kappa shape index (κ3) is 2.87. The predicted molar refractivity (Wildman–Crippen MR) is 71.0 cm³/mol. The monoisotopic (exact) mass is 262 g/mol. The Kier molecular flexibility index (Phi) is 3.74. The first kappa shape index (κ1) is 13.0. The van der Waals surface area contributed by atoms with Crippen molar-refractivity contribution in [2.45, 2.75) is 6.42 Å². The van der Waals surface area contributed by atoms with E-state index in [0.29, 0.717) is 17.8 Å². The largest absolute Gasteiger partial charge is 0.396 e. The Hall–Kier alpha value is -2.44. The van der Waals surface area contributed by atoms with Crippen molar-refractivity contribution in [2.75, 3.05) is 11.5 Å². The van der Waals surface area contributed by atoms with Crippen molar-refractivity contribution in [1.82, 2.24) is 0 Å². The van der Waals surface area contributed by atoms with Gasteiger partial charge in [0.05, 0.1) is 11.4 Å². The standard InChI is InChI=1S/C13H14N2O4/c14-10-3-1-8(6-12(10)18-16)5-9-2-4-11(15)13(7-9)19-17/h1-4,6-7,16-17H,5,14-15H2. The molecule has 0 fully saturated rings. The molecule has 2 aromatic rings. The molecule has 0 amide bonds. The van der Waals surface area contributed by atoms with E-state index in [1.165, 1.54) is 0 Å². The van der Waals surface area contributed by atoms with Gasteiger partial charge >= 0.3 is 0 Å². The number of nitrogens with two attached hydrogens (primary N) is 2. The van der Waals surface area contributed by atoms with Gasteiger partial charge in [0, 0.05) is 0 Å². The van der Waals surface area contributed by atoms with Crippen molar-refractivity contribution in [3.05, 3.63) is 47.5 Å². The van der Waals surface area contributed by atoms with Crippen LogP contribution in [-0.4, -0.2) is 10.5 Å². The van der Waals surface area contributed by atoms with Crippen molar-refractivity contribution >= 4 is 11.4 Å². The van der Waals surface area contributed by atoms with E-state index in [-0.39, 0.29) is 11.5 Å². The van der Waals surface area contributed by atoms with Crippen molar-refractivity contribution in [3.63, 3.8) is 0 Å². The average molecular weight is 262 g/mol. The number of nitrogen functional groups attached to an aromatic ring is 2. The van der Waals surface area contributed by atoms with Gasteiger partial charge < -0.3 is 21.2 Å². The minimum atomic E-state index is 0.201. The molecule has 0 heterocycles. The second-order valence-corrected chi connectivity index (χ2v) is 4.10. The van der Waals surface area contributed by atoms with E-state index >= 15 is 0 Å². The number of rotatable bonds is 4. The fraction of sp³-hybridized carbons (Fsp3) is 0.0769. The highest BCUT2D eigenvalue weighted by atomic mass is 17.1. The van der Waals surface area contributed by atoms with Crippen LogP contribution in [0.15, 0.2) is 36.4 Å². The van der Waals surface area contributed by atoms with E-state index in [0.717, 1.165) is 11.1 Å². The van der Waals surface area contributed by atoms with E-state index in [2.05, 4.69) is 9.78 Å². The maximum Gasteiger partial charge on any atom is 0.188 e. The number of hydrogen-bond donors (Lipinski definition) is 4. The molecule has 100 valence electrons. The maximum absolute atomic E-state index is 8.68. The molecule has 0 spiro atoms. The van der Waals surface area contributed by atoms with Crippen LogP contribution in [0.25, 0.3) is 0 Å². The summed E-state index contributed by atoms with van der Waals surface area (Å²) < 4.78 is 0. The summed E-state index contributed by atoms with van der Waals surface area (Å²) in [7, 11) is 0. The molecule has 0 atom stereocenters. The third-order valence-corrected chi connectivity index (χ3v) is 2.76. The van der Waals surface area contributed by atoms with Gasteiger partial charge in [0.15, 0.2) is 11.5 Å². The van der Waals surface area contributed by atoms with Crippen LogP contribution >= 0.6 is 0 Å². The Morgan fingerprint density at radius 3 is 1.58 bits per heavy atom. The van der Waals surface area contributed by atoms with Crippen LogP contribution in [0.3, 0.4) is 0 Å². The quantitative estimate of drug-likeness (QED) is 0.381. The van der Waals surface area contributed by atoms with Crippen molar-refractivity contribution in [1.29, 1.82) is 0 Å². The zero-order valence-corrected chi connectivity index (χ0v) is 10.0. The molecule has 6 N–H and O–H groups in total. The first-order valence-corrected chi connectivity index (χ1v) is 5.53. The van der Waals surface area contributed by atoms with Crippen LogP contribution in [0.5, 0.6) is 11.5 Å². The highest BCUT2D eigenvalue weighted by Crippen LogP contribution is 2.26. The minimum absolute atomic E-state index is 0.201. The molecule has 0 aromatic heterocycles. The third-order valence-electron chi connectivity index (χ3n) is 2.76. The molecule has 0 radical (unpaired) electrons. The maximum atomic E-state index is 8.68. The molecule has 2 aromatic carbocycles. The van der Waals surface area contributed by atoms with Gasteiger partial charge in [0.25, 0.3) is 0 Å². The predicted octanol–water partition coefficient (Wildman–Crippen LogP) is 2.15. The van der Waals surface area contributed by atoms with Gasteiger partial charge in [0.1, 0.15) is 0 Å². The normalized spacial score (nSPS) is 10.2. The Labute approximate surface area is 109 Å². The zero-order chi connectivity index (χ0) is 13.8. The lowest BCUT2D eigenvalue weighted by Gasteiger charge is -2.08. The number of benzene rings is 2. The summed E-state index contributed by atoms with van der Waals surface area (Å²) in [6.07, 6.45) is 0.549. The molecule has 19 heavy (non-hydrogen) atoms. The molecule has 6 nitrogen and oxygen atoms in total. The fourth-order valence-electron chi connectivity index (χ4n) is 1.77. The van der Waals surface area contributed by atoms with Gasteiger partial charge in [-0.05, 0) is 41.8 Å². The summed E-state index contributed by atoms with van der Waals surface area (Å²) >= 11 is 0. The molecule has 0 unspecified atom stereocenters. The summed E-state index contributed by atoms with van der Waals surface area (Å²) in [6, 6.07) is 10.2. The SMILES string of the molecule is Nc1ccc(Cc2ccc(N)c(OO)c2)cc1OO. The molecule has 0 aliphatic carbocycles. The lowest BCUT2D eigenvalue weighted by Crippen LogP contribution is -1.97. The van der Waals surface area contributed by atoms with Crippen LogP contribution < -0.4 is 21.2 Å². The van der Waals surface area contributed by atoms with Crippen LogP contribution in [0.1, 0.15) is 11.1 Å². The van der Waals surface area contributed by atoms with Gasteiger partial charge in [-0.25, -0.2) is 10.5 Å². The van der Waals surface area contributed by atoms with E-state index in [4.69, 9.17) is 22.0 Å². The van der Waals surface area contributed by atoms with Gasteiger partial charge in [-0.2, -0.15) is 0 Å². The molecular formula is C13H14N2O4. The van der Waals surface area contributed by atoms with Crippen molar-refractivity contribution < 1.29 is 20.3 Å². The van der Waals surface area contributed by atoms with Crippen LogP contribution in [-0.2, 0) is 6.42 Å². The summed E-state index contributed by atoms with van der Waals surface area (Å²) in [5.41, 5.74) is 13.7. The second-order valence-electron chi connectivity index (χ2n) is 4.10. The first-order valence-electron chi connectivity index (χ1n) is 5.53. The summed E-state index contributed by atoms with van der Waals surface area (Å²) in [6.45, 7) is 0. The molecule has 6 heteroatoms. The van der Waals surface area contributed by atoms with E-state index in [1.807, 2.05) is 12.1 Å². The lowest BCUT2D eigenvalue weighted by molar-refractivity contribution is -0.136. The average Bonchev–Trinajstić information content (AvgIpc) is 2.43. The van der Waals surface area contributed by atoms with Crippen molar-refractivity contribution in [2.24, 2.45) is 0 Å². The molecule has 0 saturated carbocycles. The van der Waals surface area contributed by atoms with Crippen LogP contribution in [0.2, 0.25) is 0 Å². The van der Waals surface area contributed by atoms with Crippen molar-refractivity contribution in [3.8, 4) is 11.5 Å². The van der Waals surface area contributed by atoms with Gasteiger partial charge in [-0.1, -0.05) is 12.1 Å². The summed E-state index contributed by atoms with van der Waals surface area (Å²) in [5.74, 6) is 0.401. The minimum Gasteiger partial charge on any atom is -0.396 e. The second kappa shape index (κ2) is 5.47. The Bertz CT molecular complexity index is 535. The Balaban J connectivity index is 2.25. The molecule has 0 aliphatic heterocycles. The highest BCUT2D eigenvalue weighted by molar-refractivity contribution is 5.56. The highest BCUT2D eigenvalue weighted by Gasteiger charge is 2.06. The first-order chi connectivity index (χ1) is 9.13. The number of hydrogen-bond acceptors (Lipinski definition) is 6. The van der Waals surface area contributed by atoms with Crippen LogP contribution in [0, 0.1) is 0 Å². The Morgan fingerprint density at radius 1 is 0.789 bits per heavy atom. The van der Waals surface area contributed by atoms with Gasteiger partial charge in [-0.15, -0.1) is 0 Å². The molecule has 2 rings (SSSR count). The lowest BCUT2D eigenvalue weighted by atomic mass is 10.0. The molecule has 0 saturated heterocycles. The van der Waals surface area contributed by atoms with E-state index in [9.17, 15) is 0 Å². The molecule has 0 aliphatic rings. The van der Waals surface area contributed by atoms with Gasteiger partial charge in [-0.3, -0.25) is 0 Å². The smallest absolute Gasteiger partial charge is 0.188 e.